The minimum atomic E-state index is -0.634. The first-order chi connectivity index (χ1) is 12.6. The average molecular weight is 357 g/mol. The van der Waals surface area contributed by atoms with Gasteiger partial charge in [0, 0.05) is 12.6 Å². The van der Waals surface area contributed by atoms with E-state index >= 15 is 0 Å². The largest absolute Gasteiger partial charge is 0.497 e. The minimum Gasteiger partial charge on any atom is -0.497 e. The highest BCUT2D eigenvalue weighted by atomic mass is 16.5. The quantitative estimate of drug-likeness (QED) is 0.842. The number of carbonyl (C=O) groups excluding carboxylic acids is 2. The van der Waals surface area contributed by atoms with Crippen LogP contribution in [0.3, 0.4) is 0 Å². The topological polar surface area (TPSA) is 61.9 Å². The number of benzene rings is 1. The number of carbonyl (C=O) groups is 2. The standard InChI is InChI=1S/C20H27N3O3/c1-26-16-9-7-15(8-10-16)17-6-5-13-22(17)14-23-18(24)20(21-19(23)25)11-3-2-4-12-20/h7-10,17H,2-6,11-14H2,1H3,(H,21,25)/t17-/m1/s1. The van der Waals surface area contributed by atoms with Crippen LogP contribution < -0.4 is 10.1 Å². The van der Waals surface area contributed by atoms with Crippen LogP contribution in [-0.2, 0) is 4.79 Å². The van der Waals surface area contributed by atoms with Crippen LogP contribution in [0.4, 0.5) is 4.79 Å². The van der Waals surface area contributed by atoms with Gasteiger partial charge in [-0.25, -0.2) is 9.69 Å². The Labute approximate surface area is 154 Å². The molecule has 140 valence electrons. The average Bonchev–Trinajstić information content (AvgIpc) is 3.22. The van der Waals surface area contributed by atoms with Crippen LogP contribution in [0.25, 0.3) is 0 Å². The van der Waals surface area contributed by atoms with Gasteiger partial charge in [-0.15, -0.1) is 0 Å². The van der Waals surface area contributed by atoms with Crippen LogP contribution in [0.1, 0.15) is 56.6 Å². The monoisotopic (exact) mass is 357 g/mol. The summed E-state index contributed by atoms with van der Waals surface area (Å²) in [7, 11) is 1.66. The molecule has 0 aromatic heterocycles. The second kappa shape index (κ2) is 6.91. The predicted octanol–water partition coefficient (Wildman–Crippen LogP) is 3.04. The van der Waals surface area contributed by atoms with Gasteiger partial charge in [-0.1, -0.05) is 31.4 Å². The predicted molar refractivity (Wildman–Crippen MR) is 97.7 cm³/mol. The summed E-state index contributed by atoms with van der Waals surface area (Å²) in [6, 6.07) is 8.11. The smallest absolute Gasteiger partial charge is 0.326 e. The molecule has 26 heavy (non-hydrogen) atoms. The maximum Gasteiger partial charge on any atom is 0.326 e. The van der Waals surface area contributed by atoms with E-state index in [0.29, 0.717) is 6.67 Å². The van der Waals surface area contributed by atoms with E-state index in [0.717, 1.165) is 57.2 Å². The van der Waals surface area contributed by atoms with Crippen molar-refractivity contribution in [3.8, 4) is 5.75 Å². The number of urea groups is 1. The zero-order valence-corrected chi connectivity index (χ0v) is 15.4. The van der Waals surface area contributed by atoms with Gasteiger partial charge in [-0.2, -0.15) is 0 Å². The lowest BCUT2D eigenvalue weighted by atomic mass is 9.82. The maximum atomic E-state index is 13.0. The Bertz CT molecular complexity index is 682. The second-order valence-corrected chi connectivity index (χ2v) is 7.69. The molecule has 1 spiro atoms. The van der Waals surface area contributed by atoms with Crippen LogP contribution in [0.2, 0.25) is 0 Å². The fourth-order valence-electron chi connectivity index (χ4n) is 4.68. The van der Waals surface area contributed by atoms with Gasteiger partial charge >= 0.3 is 6.03 Å². The number of nitrogens with one attached hydrogen (secondary N) is 1. The highest BCUT2D eigenvalue weighted by Gasteiger charge is 2.51. The van der Waals surface area contributed by atoms with Crippen molar-refractivity contribution >= 4 is 11.9 Å². The molecule has 2 aliphatic heterocycles. The summed E-state index contributed by atoms with van der Waals surface area (Å²) in [4.78, 5) is 29.2. The Hall–Kier alpha value is -2.08. The molecule has 0 radical (unpaired) electrons. The minimum absolute atomic E-state index is 0.0254. The molecule has 1 aromatic rings. The van der Waals surface area contributed by atoms with Gasteiger partial charge in [-0.3, -0.25) is 9.69 Å². The Morgan fingerprint density at radius 2 is 1.85 bits per heavy atom. The Balaban J connectivity index is 1.48. The molecule has 1 aromatic carbocycles. The van der Waals surface area contributed by atoms with Gasteiger partial charge in [0.1, 0.15) is 11.3 Å². The Morgan fingerprint density at radius 1 is 1.12 bits per heavy atom. The van der Waals surface area contributed by atoms with Crippen LogP contribution in [0, 0.1) is 0 Å². The van der Waals surface area contributed by atoms with E-state index < -0.39 is 5.54 Å². The van der Waals surface area contributed by atoms with Crippen molar-refractivity contribution in [1.82, 2.24) is 15.1 Å². The molecule has 4 rings (SSSR count). The summed E-state index contributed by atoms with van der Waals surface area (Å²) >= 11 is 0. The lowest BCUT2D eigenvalue weighted by Crippen LogP contribution is -2.49. The summed E-state index contributed by atoms with van der Waals surface area (Å²) in [6.45, 7) is 1.28. The molecule has 1 saturated carbocycles. The van der Waals surface area contributed by atoms with Gasteiger partial charge in [0.2, 0.25) is 0 Å². The maximum absolute atomic E-state index is 13.0. The van der Waals surface area contributed by atoms with Crippen molar-refractivity contribution < 1.29 is 14.3 Å². The lowest BCUT2D eigenvalue weighted by molar-refractivity contribution is -0.134. The number of likely N-dealkylation sites (tertiary alicyclic amines) is 1. The molecule has 2 saturated heterocycles. The highest BCUT2D eigenvalue weighted by molar-refractivity contribution is 6.07. The normalized spacial score (nSPS) is 25.7. The third-order valence-corrected chi connectivity index (χ3v) is 6.14. The Morgan fingerprint density at radius 3 is 2.54 bits per heavy atom. The molecule has 2 heterocycles. The molecule has 1 atom stereocenters. The van der Waals surface area contributed by atoms with Crippen molar-refractivity contribution in [3.05, 3.63) is 29.8 Å². The van der Waals surface area contributed by atoms with E-state index in [9.17, 15) is 9.59 Å². The molecule has 3 aliphatic rings. The lowest BCUT2D eigenvalue weighted by Gasteiger charge is -2.32. The SMILES string of the molecule is COc1ccc([C@H]2CCCN2CN2C(=O)NC3(CCCCC3)C2=O)cc1. The number of rotatable bonds is 4. The third kappa shape index (κ3) is 2.96. The van der Waals surface area contributed by atoms with Crippen LogP contribution in [-0.4, -0.2) is 47.6 Å². The van der Waals surface area contributed by atoms with Gasteiger partial charge in [0.05, 0.1) is 13.8 Å². The van der Waals surface area contributed by atoms with Crippen molar-refractivity contribution in [2.75, 3.05) is 20.3 Å². The number of imide groups is 1. The molecule has 1 N–H and O–H groups in total. The molecule has 0 unspecified atom stereocenters. The summed E-state index contributed by atoms with van der Waals surface area (Å²) in [6.07, 6.45) is 6.84. The summed E-state index contributed by atoms with van der Waals surface area (Å²) < 4.78 is 5.24. The molecule has 6 nitrogen and oxygen atoms in total. The number of ether oxygens (including phenoxy) is 1. The first kappa shape index (κ1) is 17.3. The molecule has 1 aliphatic carbocycles. The number of nitrogens with zero attached hydrogens (tertiary/aromatic N) is 2. The number of methoxy groups -OCH3 is 1. The van der Waals surface area contributed by atoms with Crippen molar-refractivity contribution in [2.24, 2.45) is 0 Å². The second-order valence-electron chi connectivity index (χ2n) is 7.69. The molecular formula is C20H27N3O3. The van der Waals surface area contributed by atoms with Crippen LogP contribution in [0.15, 0.2) is 24.3 Å². The van der Waals surface area contributed by atoms with Gasteiger partial charge < -0.3 is 10.1 Å². The first-order valence-corrected chi connectivity index (χ1v) is 9.65. The van der Waals surface area contributed by atoms with E-state index in [1.807, 2.05) is 12.1 Å². The zero-order valence-electron chi connectivity index (χ0n) is 15.4. The van der Waals surface area contributed by atoms with E-state index in [1.54, 1.807) is 7.11 Å². The Kier molecular flexibility index (Phi) is 4.61. The van der Waals surface area contributed by atoms with Gasteiger partial charge in [-0.05, 0) is 43.4 Å². The summed E-state index contributed by atoms with van der Waals surface area (Å²) in [5, 5.41) is 3.01. The van der Waals surface area contributed by atoms with E-state index in [4.69, 9.17) is 4.74 Å². The molecular weight excluding hydrogens is 330 g/mol. The highest BCUT2D eigenvalue weighted by Crippen LogP contribution is 2.36. The number of hydrogen-bond donors (Lipinski definition) is 1. The summed E-state index contributed by atoms with van der Waals surface area (Å²) in [5.74, 6) is 0.814. The first-order valence-electron chi connectivity index (χ1n) is 9.65. The molecule has 3 amide bonds. The molecule has 3 fully saturated rings. The van der Waals surface area contributed by atoms with Crippen molar-refractivity contribution in [1.29, 1.82) is 0 Å². The van der Waals surface area contributed by atoms with Crippen molar-refractivity contribution in [2.45, 2.75) is 56.5 Å². The van der Waals surface area contributed by atoms with Crippen molar-refractivity contribution in [3.63, 3.8) is 0 Å². The summed E-state index contributed by atoms with van der Waals surface area (Å²) in [5.41, 5.74) is 0.577. The number of hydrogen-bond acceptors (Lipinski definition) is 4. The van der Waals surface area contributed by atoms with E-state index in [2.05, 4.69) is 22.3 Å². The third-order valence-electron chi connectivity index (χ3n) is 6.14. The van der Waals surface area contributed by atoms with Crippen LogP contribution >= 0.6 is 0 Å². The fraction of sp³-hybridized carbons (Fsp3) is 0.600. The number of amides is 3. The fourth-order valence-corrected chi connectivity index (χ4v) is 4.68. The van der Waals surface area contributed by atoms with E-state index in [1.165, 1.54) is 10.5 Å². The zero-order chi connectivity index (χ0) is 18.1. The van der Waals surface area contributed by atoms with Gasteiger partial charge in [0.25, 0.3) is 5.91 Å². The van der Waals surface area contributed by atoms with Crippen LogP contribution in [0.5, 0.6) is 5.75 Å². The molecule has 6 heteroatoms. The molecule has 0 bridgehead atoms. The van der Waals surface area contributed by atoms with Gasteiger partial charge in [0.15, 0.2) is 0 Å². The van der Waals surface area contributed by atoms with E-state index in [-0.39, 0.29) is 18.0 Å².